The van der Waals surface area contributed by atoms with Crippen molar-refractivity contribution in [2.75, 3.05) is 13.1 Å². The third-order valence-electron chi connectivity index (χ3n) is 6.08. The lowest BCUT2D eigenvalue weighted by Crippen LogP contribution is -2.57. The van der Waals surface area contributed by atoms with Crippen LogP contribution in [-0.4, -0.2) is 72.0 Å². The lowest BCUT2D eigenvalue weighted by molar-refractivity contribution is -0.142. The van der Waals surface area contributed by atoms with Gasteiger partial charge >= 0.3 is 5.97 Å². The highest BCUT2D eigenvalue weighted by Gasteiger charge is 2.30. The Morgan fingerprint density at radius 1 is 0.846 bits per heavy atom. The van der Waals surface area contributed by atoms with Crippen LogP contribution >= 0.6 is 0 Å². The average molecular weight is 549 g/mol. The highest BCUT2D eigenvalue weighted by atomic mass is 16.4. The number of benzene rings is 1. The van der Waals surface area contributed by atoms with Gasteiger partial charge in [0.25, 0.3) is 0 Å². The Kier molecular flexibility index (Phi) is 15.2. The normalized spacial score (nSPS) is 14.0. The number of nitrogens with one attached hydrogen (secondary N) is 3. The van der Waals surface area contributed by atoms with Crippen molar-refractivity contribution in [2.45, 2.75) is 76.5 Å². The van der Waals surface area contributed by atoms with Crippen molar-refractivity contribution in [2.24, 2.45) is 33.8 Å². The minimum atomic E-state index is -1.22. The molecule has 1 rings (SSSR count). The van der Waals surface area contributed by atoms with Gasteiger partial charge in [0.1, 0.15) is 18.1 Å². The minimum absolute atomic E-state index is 0.0570. The van der Waals surface area contributed by atoms with E-state index in [2.05, 4.69) is 20.9 Å². The fourth-order valence-electron chi connectivity index (χ4n) is 3.70. The van der Waals surface area contributed by atoms with E-state index in [4.69, 9.17) is 22.9 Å². The number of aliphatic carboxylic acids is 1. The van der Waals surface area contributed by atoms with Crippen LogP contribution in [0.5, 0.6) is 0 Å². The first kappa shape index (κ1) is 33.3. The van der Waals surface area contributed by atoms with Gasteiger partial charge in [-0.2, -0.15) is 0 Å². The fourth-order valence-corrected chi connectivity index (χ4v) is 3.70. The first-order chi connectivity index (χ1) is 18.5. The number of guanidine groups is 1. The monoisotopic (exact) mass is 548 g/mol. The minimum Gasteiger partial charge on any atom is -0.480 e. The third-order valence-corrected chi connectivity index (χ3v) is 6.08. The van der Waals surface area contributed by atoms with Crippen LogP contribution < -0.4 is 38.9 Å². The molecular formula is C26H44N8O5. The van der Waals surface area contributed by atoms with Crippen molar-refractivity contribution in [3.8, 4) is 0 Å². The van der Waals surface area contributed by atoms with E-state index in [-0.39, 0.29) is 37.7 Å². The molecule has 4 unspecified atom stereocenters. The zero-order valence-corrected chi connectivity index (χ0v) is 22.8. The SMILES string of the molecule is CC(C)C(N)C(=O)NC(CCCCN)C(=O)NC(CCCN=C(N)N)C(=O)NC(Cc1ccccc1)C(=O)O. The molecule has 218 valence electrons. The third kappa shape index (κ3) is 13.1. The molecule has 4 atom stereocenters. The molecular weight excluding hydrogens is 504 g/mol. The van der Waals surface area contributed by atoms with Gasteiger partial charge in [0, 0.05) is 13.0 Å². The molecule has 0 radical (unpaired) electrons. The lowest BCUT2D eigenvalue weighted by atomic mass is 10.0. The van der Waals surface area contributed by atoms with Crippen LogP contribution in [0.1, 0.15) is 51.5 Å². The van der Waals surface area contributed by atoms with Gasteiger partial charge in [0.15, 0.2) is 5.96 Å². The second kappa shape index (κ2) is 17.7. The molecule has 13 nitrogen and oxygen atoms in total. The Balaban J connectivity index is 3.07. The summed E-state index contributed by atoms with van der Waals surface area (Å²) in [5, 5.41) is 17.6. The summed E-state index contributed by atoms with van der Waals surface area (Å²) in [6.45, 7) is 4.20. The predicted molar refractivity (Wildman–Crippen MR) is 149 cm³/mol. The molecule has 12 N–H and O–H groups in total. The lowest BCUT2D eigenvalue weighted by Gasteiger charge is -2.26. The molecule has 3 amide bonds. The molecule has 1 aromatic carbocycles. The molecule has 0 aliphatic carbocycles. The molecule has 13 heteroatoms. The number of carboxylic acid groups (broad SMARTS) is 1. The molecule has 1 aromatic rings. The van der Waals surface area contributed by atoms with Gasteiger partial charge in [0.2, 0.25) is 17.7 Å². The van der Waals surface area contributed by atoms with Crippen LogP contribution in [0.15, 0.2) is 35.3 Å². The summed E-state index contributed by atoms with van der Waals surface area (Å²) in [4.78, 5) is 54.9. The molecule has 0 saturated carbocycles. The van der Waals surface area contributed by atoms with E-state index in [0.29, 0.717) is 25.8 Å². The fraction of sp³-hybridized carbons (Fsp3) is 0.577. The van der Waals surface area contributed by atoms with Crippen LogP contribution in [0.4, 0.5) is 0 Å². The van der Waals surface area contributed by atoms with Crippen molar-refractivity contribution >= 4 is 29.7 Å². The van der Waals surface area contributed by atoms with Gasteiger partial charge in [-0.1, -0.05) is 44.2 Å². The van der Waals surface area contributed by atoms with Gasteiger partial charge in [0.05, 0.1) is 6.04 Å². The molecule has 0 bridgehead atoms. The van der Waals surface area contributed by atoms with Crippen LogP contribution in [0.2, 0.25) is 0 Å². The molecule has 0 spiro atoms. The molecule has 0 saturated heterocycles. The second-order valence-electron chi connectivity index (χ2n) is 9.71. The summed E-state index contributed by atoms with van der Waals surface area (Å²) >= 11 is 0. The number of rotatable bonds is 18. The second-order valence-corrected chi connectivity index (χ2v) is 9.71. The number of carboxylic acids is 1. The number of carbonyl (C=O) groups excluding carboxylic acids is 3. The van der Waals surface area contributed by atoms with Gasteiger partial charge in [-0.15, -0.1) is 0 Å². The topological polar surface area (TPSA) is 241 Å². The van der Waals surface area contributed by atoms with E-state index in [1.807, 2.05) is 0 Å². The Morgan fingerprint density at radius 2 is 1.38 bits per heavy atom. The van der Waals surface area contributed by atoms with Crippen LogP contribution in [0.25, 0.3) is 0 Å². The van der Waals surface area contributed by atoms with E-state index in [9.17, 15) is 24.3 Å². The van der Waals surface area contributed by atoms with Crippen LogP contribution in [0.3, 0.4) is 0 Å². The van der Waals surface area contributed by atoms with E-state index in [1.165, 1.54) is 0 Å². The highest BCUT2D eigenvalue weighted by Crippen LogP contribution is 2.08. The maximum atomic E-state index is 13.3. The summed E-state index contributed by atoms with van der Waals surface area (Å²) in [5.41, 5.74) is 23.0. The zero-order valence-electron chi connectivity index (χ0n) is 22.8. The van der Waals surface area contributed by atoms with Crippen LogP contribution in [0, 0.1) is 5.92 Å². The van der Waals surface area contributed by atoms with Crippen molar-refractivity contribution in [3.05, 3.63) is 35.9 Å². The summed E-state index contributed by atoms with van der Waals surface area (Å²) in [5.74, 6) is -3.23. The predicted octanol–water partition coefficient (Wildman–Crippen LogP) is -1.07. The van der Waals surface area contributed by atoms with Gasteiger partial charge in [-0.05, 0) is 50.1 Å². The molecule has 0 fully saturated rings. The zero-order chi connectivity index (χ0) is 29.4. The maximum absolute atomic E-state index is 13.3. The summed E-state index contributed by atoms with van der Waals surface area (Å²) < 4.78 is 0. The van der Waals surface area contributed by atoms with E-state index in [0.717, 1.165) is 5.56 Å². The van der Waals surface area contributed by atoms with Crippen molar-refractivity contribution in [1.29, 1.82) is 0 Å². The van der Waals surface area contributed by atoms with Crippen LogP contribution in [-0.2, 0) is 25.6 Å². The number of carbonyl (C=O) groups is 4. The number of hydrogen-bond acceptors (Lipinski definition) is 7. The maximum Gasteiger partial charge on any atom is 0.326 e. The summed E-state index contributed by atoms with van der Waals surface area (Å²) in [6.07, 6.45) is 1.99. The number of nitrogens with zero attached hydrogens (tertiary/aromatic N) is 1. The molecule has 39 heavy (non-hydrogen) atoms. The number of hydrogen-bond donors (Lipinski definition) is 8. The van der Waals surface area contributed by atoms with Gasteiger partial charge < -0.3 is 44.0 Å². The van der Waals surface area contributed by atoms with Crippen molar-refractivity contribution in [3.63, 3.8) is 0 Å². The van der Waals surface area contributed by atoms with E-state index < -0.39 is 47.9 Å². The standard InChI is InChI=1S/C26H44N8O5/c1-16(2)21(28)24(37)33-18(11-6-7-13-27)22(35)32-19(12-8-14-31-26(29)30)23(36)34-20(25(38)39)15-17-9-4-3-5-10-17/h3-5,9-10,16,18-21H,6-8,11-15,27-28H2,1-2H3,(H,32,35)(H,33,37)(H,34,36)(H,38,39)(H4,29,30,31). The Hall–Kier alpha value is -3.71. The number of unbranched alkanes of at least 4 members (excludes halogenated alkanes) is 1. The average Bonchev–Trinajstić information content (AvgIpc) is 2.89. The van der Waals surface area contributed by atoms with Crippen molar-refractivity contribution < 1.29 is 24.3 Å². The number of aliphatic imine (C=N–C) groups is 1. The largest absolute Gasteiger partial charge is 0.480 e. The van der Waals surface area contributed by atoms with Crippen molar-refractivity contribution in [1.82, 2.24) is 16.0 Å². The molecule has 0 aromatic heterocycles. The summed E-state index contributed by atoms with van der Waals surface area (Å²) in [6, 6.07) is 4.76. The smallest absolute Gasteiger partial charge is 0.326 e. The number of nitrogens with two attached hydrogens (primary N) is 4. The summed E-state index contributed by atoms with van der Waals surface area (Å²) in [7, 11) is 0. The van der Waals surface area contributed by atoms with E-state index in [1.54, 1.807) is 44.2 Å². The quantitative estimate of drug-likeness (QED) is 0.0632. The molecule has 0 aliphatic heterocycles. The first-order valence-corrected chi connectivity index (χ1v) is 13.1. The Morgan fingerprint density at radius 3 is 1.90 bits per heavy atom. The Labute approximate surface area is 229 Å². The molecule has 0 heterocycles. The van der Waals surface area contributed by atoms with E-state index >= 15 is 0 Å². The van der Waals surface area contributed by atoms with Gasteiger partial charge in [-0.25, -0.2) is 4.79 Å². The highest BCUT2D eigenvalue weighted by molar-refractivity contribution is 5.94. The molecule has 0 aliphatic rings. The number of amides is 3. The Bertz CT molecular complexity index is 953. The first-order valence-electron chi connectivity index (χ1n) is 13.1. The van der Waals surface area contributed by atoms with Gasteiger partial charge in [-0.3, -0.25) is 19.4 Å².